The molecule has 0 aromatic heterocycles. The molecule has 13 heavy (non-hydrogen) atoms. The topological polar surface area (TPSA) is 30.5 Å². The Hall–Kier alpha value is -0.120. The molecule has 3 nitrogen and oxygen atoms in total. The van der Waals surface area contributed by atoms with Crippen LogP contribution in [0.5, 0.6) is 0 Å². The predicted octanol–water partition coefficient (Wildman–Crippen LogP) is 1.18. The fourth-order valence-corrected chi connectivity index (χ4v) is 1.57. The van der Waals surface area contributed by atoms with Crippen molar-refractivity contribution in [3.05, 3.63) is 0 Å². The Morgan fingerprint density at radius 2 is 2.46 bits per heavy atom. The SMILES string of the molecule is CCC(CNC)OCC1CCCO1. The molecule has 1 saturated heterocycles. The van der Waals surface area contributed by atoms with Gasteiger partial charge in [-0.05, 0) is 26.3 Å². The van der Waals surface area contributed by atoms with Gasteiger partial charge >= 0.3 is 0 Å². The highest BCUT2D eigenvalue weighted by Gasteiger charge is 2.17. The molecule has 0 aromatic carbocycles. The van der Waals surface area contributed by atoms with Gasteiger partial charge < -0.3 is 14.8 Å². The zero-order valence-electron chi connectivity index (χ0n) is 8.71. The largest absolute Gasteiger partial charge is 0.376 e. The zero-order chi connectivity index (χ0) is 9.52. The van der Waals surface area contributed by atoms with Gasteiger partial charge in [0.2, 0.25) is 0 Å². The lowest BCUT2D eigenvalue weighted by Gasteiger charge is -2.18. The van der Waals surface area contributed by atoms with Crippen molar-refractivity contribution in [1.82, 2.24) is 5.32 Å². The molecule has 0 saturated carbocycles. The molecular formula is C10H21NO2. The van der Waals surface area contributed by atoms with Crippen molar-refractivity contribution in [2.24, 2.45) is 0 Å². The van der Waals surface area contributed by atoms with Crippen LogP contribution in [0.25, 0.3) is 0 Å². The van der Waals surface area contributed by atoms with Crippen molar-refractivity contribution in [3.63, 3.8) is 0 Å². The van der Waals surface area contributed by atoms with E-state index in [4.69, 9.17) is 9.47 Å². The number of hydrogen-bond acceptors (Lipinski definition) is 3. The highest BCUT2D eigenvalue weighted by atomic mass is 16.5. The molecule has 0 spiro atoms. The molecule has 0 aromatic rings. The second-order valence-corrected chi connectivity index (χ2v) is 3.56. The summed E-state index contributed by atoms with van der Waals surface area (Å²) in [5.41, 5.74) is 0. The van der Waals surface area contributed by atoms with Crippen molar-refractivity contribution < 1.29 is 9.47 Å². The van der Waals surface area contributed by atoms with Gasteiger partial charge in [0.05, 0.1) is 18.8 Å². The van der Waals surface area contributed by atoms with Gasteiger partial charge in [-0.2, -0.15) is 0 Å². The third kappa shape index (κ3) is 4.07. The number of rotatable bonds is 6. The molecule has 1 rings (SSSR count). The van der Waals surface area contributed by atoms with Crippen molar-refractivity contribution in [2.45, 2.75) is 38.4 Å². The van der Waals surface area contributed by atoms with Crippen LogP contribution in [0.3, 0.4) is 0 Å². The van der Waals surface area contributed by atoms with E-state index in [0.717, 1.165) is 32.6 Å². The van der Waals surface area contributed by atoms with Gasteiger partial charge in [0.25, 0.3) is 0 Å². The highest BCUT2D eigenvalue weighted by Crippen LogP contribution is 2.13. The molecule has 78 valence electrons. The van der Waals surface area contributed by atoms with Gasteiger partial charge in [0.15, 0.2) is 0 Å². The molecule has 2 atom stereocenters. The minimum absolute atomic E-state index is 0.342. The zero-order valence-corrected chi connectivity index (χ0v) is 8.71. The average molecular weight is 187 g/mol. The third-order valence-electron chi connectivity index (χ3n) is 2.43. The summed E-state index contributed by atoms with van der Waals surface area (Å²) < 4.78 is 11.2. The van der Waals surface area contributed by atoms with Crippen molar-refractivity contribution in [1.29, 1.82) is 0 Å². The summed E-state index contributed by atoms with van der Waals surface area (Å²) in [5, 5.41) is 3.13. The Bertz CT molecular complexity index is 124. The maximum Gasteiger partial charge on any atom is 0.0809 e. The summed E-state index contributed by atoms with van der Waals surface area (Å²) >= 11 is 0. The Morgan fingerprint density at radius 1 is 1.62 bits per heavy atom. The van der Waals surface area contributed by atoms with Gasteiger partial charge in [-0.3, -0.25) is 0 Å². The van der Waals surface area contributed by atoms with Crippen LogP contribution in [0.4, 0.5) is 0 Å². The first-order valence-electron chi connectivity index (χ1n) is 5.24. The van der Waals surface area contributed by atoms with E-state index in [1.165, 1.54) is 6.42 Å². The van der Waals surface area contributed by atoms with Gasteiger partial charge in [0, 0.05) is 13.2 Å². The lowest BCUT2D eigenvalue weighted by molar-refractivity contribution is -0.0202. The summed E-state index contributed by atoms with van der Waals surface area (Å²) in [6, 6.07) is 0. The number of nitrogens with one attached hydrogen (secondary N) is 1. The quantitative estimate of drug-likeness (QED) is 0.677. The maximum absolute atomic E-state index is 5.73. The molecule has 0 radical (unpaired) electrons. The Kier molecular flexibility index (Phi) is 5.35. The molecule has 2 unspecified atom stereocenters. The summed E-state index contributed by atoms with van der Waals surface area (Å²) in [7, 11) is 1.96. The standard InChI is InChI=1S/C10H21NO2/c1-3-9(7-11-2)13-8-10-5-4-6-12-10/h9-11H,3-8H2,1-2H3. The molecule has 1 aliphatic heterocycles. The molecule has 0 aliphatic carbocycles. The molecule has 1 fully saturated rings. The van der Waals surface area contributed by atoms with Crippen LogP contribution in [0.1, 0.15) is 26.2 Å². The number of ether oxygens (including phenoxy) is 2. The minimum Gasteiger partial charge on any atom is -0.376 e. The van der Waals surface area contributed by atoms with Gasteiger partial charge in [0.1, 0.15) is 0 Å². The van der Waals surface area contributed by atoms with Crippen molar-refractivity contribution in [3.8, 4) is 0 Å². The smallest absolute Gasteiger partial charge is 0.0809 e. The summed E-state index contributed by atoms with van der Waals surface area (Å²) in [6.07, 6.45) is 4.11. The molecule has 0 amide bonds. The Balaban J connectivity index is 2.07. The minimum atomic E-state index is 0.342. The van der Waals surface area contributed by atoms with Crippen LogP contribution in [0.2, 0.25) is 0 Å². The van der Waals surface area contributed by atoms with Crippen LogP contribution in [0, 0.1) is 0 Å². The molecule has 1 aliphatic rings. The van der Waals surface area contributed by atoms with E-state index in [0.29, 0.717) is 12.2 Å². The van der Waals surface area contributed by atoms with Gasteiger partial charge in [-0.25, -0.2) is 0 Å². The van der Waals surface area contributed by atoms with Crippen LogP contribution >= 0.6 is 0 Å². The first-order valence-corrected chi connectivity index (χ1v) is 5.24. The van der Waals surface area contributed by atoms with E-state index in [-0.39, 0.29) is 0 Å². The summed E-state index contributed by atoms with van der Waals surface area (Å²) in [4.78, 5) is 0. The lowest BCUT2D eigenvalue weighted by Crippen LogP contribution is -2.29. The fraction of sp³-hybridized carbons (Fsp3) is 1.00. The Morgan fingerprint density at radius 3 is 3.00 bits per heavy atom. The number of likely N-dealkylation sites (N-methyl/N-ethyl adjacent to an activating group) is 1. The van der Waals surface area contributed by atoms with Gasteiger partial charge in [-0.15, -0.1) is 0 Å². The van der Waals surface area contributed by atoms with Crippen LogP contribution in [0.15, 0.2) is 0 Å². The molecule has 3 heteroatoms. The van der Waals surface area contributed by atoms with Crippen molar-refractivity contribution >= 4 is 0 Å². The van der Waals surface area contributed by atoms with E-state index in [1.807, 2.05) is 7.05 Å². The number of hydrogen-bond donors (Lipinski definition) is 1. The van der Waals surface area contributed by atoms with Crippen LogP contribution in [-0.4, -0.2) is 39.0 Å². The second kappa shape index (κ2) is 6.35. The van der Waals surface area contributed by atoms with Crippen LogP contribution in [-0.2, 0) is 9.47 Å². The van der Waals surface area contributed by atoms with Crippen molar-refractivity contribution in [2.75, 3.05) is 26.8 Å². The van der Waals surface area contributed by atoms with E-state index in [1.54, 1.807) is 0 Å². The normalized spacial score (nSPS) is 24.9. The fourth-order valence-electron chi connectivity index (χ4n) is 1.57. The molecule has 1 N–H and O–H groups in total. The van der Waals surface area contributed by atoms with E-state index >= 15 is 0 Å². The van der Waals surface area contributed by atoms with E-state index < -0.39 is 0 Å². The predicted molar refractivity (Wildman–Crippen MR) is 52.9 cm³/mol. The van der Waals surface area contributed by atoms with Gasteiger partial charge in [-0.1, -0.05) is 6.92 Å². The molecule has 1 heterocycles. The van der Waals surface area contributed by atoms with E-state index in [2.05, 4.69) is 12.2 Å². The molecular weight excluding hydrogens is 166 g/mol. The van der Waals surface area contributed by atoms with Crippen LogP contribution < -0.4 is 5.32 Å². The third-order valence-corrected chi connectivity index (χ3v) is 2.43. The monoisotopic (exact) mass is 187 g/mol. The first-order chi connectivity index (χ1) is 6.36. The summed E-state index contributed by atoms with van der Waals surface area (Å²) in [6.45, 7) is 4.76. The molecule has 0 bridgehead atoms. The maximum atomic E-state index is 5.73. The average Bonchev–Trinajstić information content (AvgIpc) is 2.64. The summed E-state index contributed by atoms with van der Waals surface area (Å²) in [5.74, 6) is 0. The Labute approximate surface area is 80.8 Å². The first kappa shape index (κ1) is 11.0. The van der Waals surface area contributed by atoms with E-state index in [9.17, 15) is 0 Å². The lowest BCUT2D eigenvalue weighted by atomic mass is 10.2. The second-order valence-electron chi connectivity index (χ2n) is 3.56. The highest BCUT2D eigenvalue weighted by molar-refractivity contribution is 4.65.